The highest BCUT2D eigenvalue weighted by atomic mass is 79.9. The van der Waals surface area contributed by atoms with Crippen molar-refractivity contribution in [1.82, 2.24) is 19.9 Å². The van der Waals surface area contributed by atoms with Crippen LogP contribution in [0.2, 0.25) is 0 Å². The Balaban J connectivity index is 1.69. The lowest BCUT2D eigenvalue weighted by Gasteiger charge is -2.02. The molecule has 1 amide bonds. The number of aryl methyl sites for hydroxylation is 1. The molecule has 1 N–H and O–H groups in total. The van der Waals surface area contributed by atoms with Crippen LogP contribution in [0, 0.1) is 6.92 Å². The standard InChI is InChI=1S/C17H16BrN5O2S/c1-3-8-23-16(12-4-6-13(18)7-5-12)20-17(21-23)26-10-15(24)19-14-9-11(2)25-22-14/h3-7,9H,1,8,10H2,2H3,(H,19,22,24). The van der Waals surface area contributed by atoms with E-state index in [1.54, 1.807) is 23.7 Å². The molecule has 0 aliphatic heterocycles. The first-order chi connectivity index (χ1) is 12.5. The average Bonchev–Trinajstić information content (AvgIpc) is 3.20. The number of nitrogens with zero attached hydrogens (tertiary/aromatic N) is 4. The number of aromatic nitrogens is 4. The lowest BCUT2D eigenvalue weighted by Crippen LogP contribution is -2.14. The van der Waals surface area contributed by atoms with Gasteiger partial charge in [0.05, 0.1) is 12.3 Å². The third-order valence-corrected chi connectivity index (χ3v) is 4.65. The molecular weight excluding hydrogens is 418 g/mol. The summed E-state index contributed by atoms with van der Waals surface area (Å²) in [4.78, 5) is 16.6. The van der Waals surface area contributed by atoms with Gasteiger partial charge in [0.15, 0.2) is 11.6 Å². The number of hydrogen-bond acceptors (Lipinski definition) is 6. The Morgan fingerprint density at radius 2 is 2.19 bits per heavy atom. The minimum absolute atomic E-state index is 0.170. The van der Waals surface area contributed by atoms with Crippen LogP contribution in [-0.4, -0.2) is 31.6 Å². The number of anilines is 1. The number of carbonyl (C=O) groups is 1. The summed E-state index contributed by atoms with van der Waals surface area (Å²) >= 11 is 4.68. The van der Waals surface area contributed by atoms with E-state index in [0.29, 0.717) is 23.3 Å². The molecule has 3 rings (SSSR count). The lowest BCUT2D eigenvalue weighted by molar-refractivity contribution is -0.113. The summed E-state index contributed by atoms with van der Waals surface area (Å²) in [5.74, 6) is 1.73. The van der Waals surface area contributed by atoms with E-state index in [1.165, 1.54) is 11.8 Å². The Kier molecular flexibility index (Phi) is 5.89. The van der Waals surface area contributed by atoms with E-state index in [-0.39, 0.29) is 11.7 Å². The predicted molar refractivity (Wildman–Crippen MR) is 104 cm³/mol. The number of thioether (sulfide) groups is 1. The van der Waals surface area contributed by atoms with E-state index in [2.05, 4.69) is 43.1 Å². The van der Waals surface area contributed by atoms with Crippen molar-refractivity contribution in [2.24, 2.45) is 0 Å². The zero-order valence-electron chi connectivity index (χ0n) is 14.0. The Morgan fingerprint density at radius 1 is 1.42 bits per heavy atom. The van der Waals surface area contributed by atoms with Gasteiger partial charge in [0.2, 0.25) is 11.1 Å². The van der Waals surface area contributed by atoms with Crippen LogP contribution < -0.4 is 5.32 Å². The topological polar surface area (TPSA) is 85.8 Å². The summed E-state index contributed by atoms with van der Waals surface area (Å²) in [5.41, 5.74) is 0.942. The predicted octanol–water partition coefficient (Wildman–Crippen LogP) is 3.92. The van der Waals surface area contributed by atoms with Crippen LogP contribution in [0.1, 0.15) is 5.76 Å². The van der Waals surface area contributed by atoms with E-state index in [0.717, 1.165) is 15.9 Å². The van der Waals surface area contributed by atoms with Crippen molar-refractivity contribution in [1.29, 1.82) is 0 Å². The molecule has 0 aliphatic carbocycles. The molecule has 9 heteroatoms. The zero-order chi connectivity index (χ0) is 18.5. The van der Waals surface area contributed by atoms with Gasteiger partial charge in [-0.05, 0) is 19.1 Å². The maximum Gasteiger partial charge on any atom is 0.236 e. The molecule has 0 bridgehead atoms. The van der Waals surface area contributed by atoms with Gasteiger partial charge in [0.1, 0.15) is 5.76 Å². The van der Waals surface area contributed by atoms with Crippen LogP contribution >= 0.6 is 27.7 Å². The fourth-order valence-electron chi connectivity index (χ4n) is 2.18. The molecule has 0 saturated heterocycles. The maximum absolute atomic E-state index is 12.0. The zero-order valence-corrected chi connectivity index (χ0v) is 16.4. The van der Waals surface area contributed by atoms with Gasteiger partial charge in [-0.3, -0.25) is 4.79 Å². The van der Waals surface area contributed by atoms with E-state index in [1.807, 2.05) is 24.3 Å². The molecule has 0 unspecified atom stereocenters. The van der Waals surface area contributed by atoms with Gasteiger partial charge >= 0.3 is 0 Å². The fourth-order valence-corrected chi connectivity index (χ4v) is 3.08. The number of amides is 1. The largest absolute Gasteiger partial charge is 0.360 e. The monoisotopic (exact) mass is 433 g/mol. The quantitative estimate of drug-likeness (QED) is 0.448. The van der Waals surface area contributed by atoms with E-state index >= 15 is 0 Å². The SMILES string of the molecule is C=CCn1nc(SCC(=O)Nc2cc(C)on2)nc1-c1ccc(Br)cc1. The van der Waals surface area contributed by atoms with E-state index < -0.39 is 0 Å². The molecule has 7 nitrogen and oxygen atoms in total. The molecule has 0 radical (unpaired) electrons. The minimum atomic E-state index is -0.200. The molecule has 0 spiro atoms. The van der Waals surface area contributed by atoms with Gasteiger partial charge < -0.3 is 9.84 Å². The highest BCUT2D eigenvalue weighted by Gasteiger charge is 2.14. The number of halogens is 1. The van der Waals surface area contributed by atoms with Gasteiger partial charge in [0.25, 0.3) is 0 Å². The summed E-state index contributed by atoms with van der Waals surface area (Å²) in [7, 11) is 0. The number of carbonyl (C=O) groups excluding carboxylic acids is 1. The second-order valence-electron chi connectivity index (χ2n) is 5.36. The summed E-state index contributed by atoms with van der Waals surface area (Å²) < 4.78 is 7.67. The van der Waals surface area contributed by atoms with Crippen molar-refractivity contribution in [2.45, 2.75) is 18.6 Å². The number of hydrogen-bond donors (Lipinski definition) is 1. The molecule has 134 valence electrons. The summed E-state index contributed by atoms with van der Waals surface area (Å²) in [6, 6.07) is 9.47. The van der Waals surface area contributed by atoms with E-state index in [9.17, 15) is 4.79 Å². The van der Waals surface area contributed by atoms with Crippen LogP contribution in [0.5, 0.6) is 0 Å². The maximum atomic E-state index is 12.0. The van der Waals surface area contributed by atoms with E-state index in [4.69, 9.17) is 4.52 Å². The molecule has 0 atom stereocenters. The smallest absolute Gasteiger partial charge is 0.236 e. The first-order valence-electron chi connectivity index (χ1n) is 7.73. The van der Waals surface area contributed by atoms with Crippen LogP contribution in [-0.2, 0) is 11.3 Å². The lowest BCUT2D eigenvalue weighted by atomic mass is 10.2. The molecular formula is C17H16BrN5O2S. The second kappa shape index (κ2) is 8.33. The van der Waals surface area contributed by atoms with Crippen molar-refractivity contribution < 1.29 is 9.32 Å². The van der Waals surface area contributed by atoms with Crippen molar-refractivity contribution in [2.75, 3.05) is 11.1 Å². The number of allylic oxidation sites excluding steroid dienone is 1. The number of rotatable bonds is 7. The summed E-state index contributed by atoms with van der Waals surface area (Å²) in [6.07, 6.45) is 1.76. The van der Waals surface area contributed by atoms with Gasteiger partial charge in [-0.1, -0.05) is 51.1 Å². The molecule has 2 aromatic heterocycles. The Labute approximate surface area is 163 Å². The summed E-state index contributed by atoms with van der Waals surface area (Å²) in [6.45, 7) is 6.05. The van der Waals surface area contributed by atoms with Gasteiger partial charge in [-0.2, -0.15) is 0 Å². The Bertz CT molecular complexity index is 920. The third kappa shape index (κ3) is 4.61. The van der Waals surface area contributed by atoms with Gasteiger partial charge in [0, 0.05) is 16.1 Å². The third-order valence-electron chi connectivity index (χ3n) is 3.28. The average molecular weight is 434 g/mol. The first kappa shape index (κ1) is 18.4. The van der Waals surface area contributed by atoms with Crippen LogP contribution in [0.15, 0.2) is 57.1 Å². The Morgan fingerprint density at radius 3 is 2.85 bits per heavy atom. The molecule has 0 aliphatic rings. The number of benzene rings is 1. The van der Waals surface area contributed by atoms with Gasteiger partial charge in [-0.25, -0.2) is 9.67 Å². The Hall–Kier alpha value is -2.39. The minimum Gasteiger partial charge on any atom is -0.360 e. The van der Waals surface area contributed by atoms with Crippen molar-refractivity contribution in [3.05, 3.63) is 53.2 Å². The summed E-state index contributed by atoms with van der Waals surface area (Å²) in [5, 5.41) is 11.4. The molecule has 3 aromatic rings. The van der Waals surface area contributed by atoms with Crippen molar-refractivity contribution in [3.63, 3.8) is 0 Å². The molecule has 0 fully saturated rings. The molecule has 2 heterocycles. The molecule has 0 saturated carbocycles. The van der Waals surface area contributed by atoms with Crippen molar-refractivity contribution >= 4 is 39.4 Å². The van der Waals surface area contributed by atoms with Crippen LogP contribution in [0.4, 0.5) is 5.82 Å². The second-order valence-corrected chi connectivity index (χ2v) is 7.21. The molecule has 1 aromatic carbocycles. The van der Waals surface area contributed by atoms with Crippen LogP contribution in [0.3, 0.4) is 0 Å². The number of nitrogens with one attached hydrogen (secondary N) is 1. The molecule has 26 heavy (non-hydrogen) atoms. The normalized spacial score (nSPS) is 10.7. The van der Waals surface area contributed by atoms with Crippen LogP contribution in [0.25, 0.3) is 11.4 Å². The highest BCUT2D eigenvalue weighted by Crippen LogP contribution is 2.23. The first-order valence-corrected chi connectivity index (χ1v) is 9.50. The van der Waals surface area contributed by atoms with Gasteiger partial charge in [-0.15, -0.1) is 11.7 Å². The van der Waals surface area contributed by atoms with Crippen molar-refractivity contribution in [3.8, 4) is 11.4 Å². The fraction of sp³-hybridized carbons (Fsp3) is 0.176. The highest BCUT2D eigenvalue weighted by molar-refractivity contribution is 9.10.